The van der Waals surface area contributed by atoms with Crippen LogP contribution in [-0.2, 0) is 17.8 Å². The summed E-state index contributed by atoms with van der Waals surface area (Å²) in [5.41, 5.74) is 7.17. The molecule has 2 heterocycles. The predicted octanol–water partition coefficient (Wildman–Crippen LogP) is 0.479. The lowest BCUT2D eigenvalue weighted by molar-refractivity contribution is -0.908. The zero-order valence-corrected chi connectivity index (χ0v) is 16.2. The predicted molar refractivity (Wildman–Crippen MR) is 101 cm³/mol. The summed E-state index contributed by atoms with van der Waals surface area (Å²) in [7, 11) is 0. The van der Waals surface area contributed by atoms with E-state index in [0.717, 1.165) is 34.9 Å². The molecule has 8 heteroatoms. The molecule has 28 heavy (non-hydrogen) atoms. The van der Waals surface area contributed by atoms with Crippen molar-refractivity contribution in [2.24, 2.45) is 0 Å². The average Bonchev–Trinajstić information content (AvgIpc) is 3.22. The third kappa shape index (κ3) is 4.83. The zero-order chi connectivity index (χ0) is 19.9. The summed E-state index contributed by atoms with van der Waals surface area (Å²) in [4.78, 5) is 25.1. The van der Waals surface area contributed by atoms with Crippen LogP contribution in [0.1, 0.15) is 35.5 Å². The minimum Gasteiger partial charge on any atom is -0.490 e. The molecule has 3 rings (SSSR count). The van der Waals surface area contributed by atoms with Crippen LogP contribution in [0.25, 0.3) is 0 Å². The summed E-state index contributed by atoms with van der Waals surface area (Å²) in [5, 5.41) is 0. The summed E-state index contributed by atoms with van der Waals surface area (Å²) in [6, 6.07) is 7.20. The minimum atomic E-state index is -0.484. The van der Waals surface area contributed by atoms with Crippen molar-refractivity contribution in [3.8, 4) is 11.5 Å². The van der Waals surface area contributed by atoms with Gasteiger partial charge in [-0.25, -0.2) is 0 Å². The number of carbonyl (C=O) groups excluding carboxylic acids is 2. The van der Waals surface area contributed by atoms with Crippen molar-refractivity contribution in [3.05, 3.63) is 47.4 Å². The SMILES string of the molecule is CCOc1cc2c(cc1OCC)C[NH+](CC(=O)NNC(=O)c1ccco1)CC2. The Balaban J connectivity index is 1.57. The molecule has 1 unspecified atom stereocenters. The van der Waals surface area contributed by atoms with E-state index in [9.17, 15) is 9.59 Å². The molecule has 0 fully saturated rings. The van der Waals surface area contributed by atoms with Crippen LogP contribution in [-0.4, -0.2) is 38.1 Å². The minimum absolute atomic E-state index is 0.146. The maximum Gasteiger partial charge on any atom is 0.305 e. The number of hydrogen-bond acceptors (Lipinski definition) is 5. The van der Waals surface area contributed by atoms with Crippen molar-refractivity contribution in [3.63, 3.8) is 0 Å². The van der Waals surface area contributed by atoms with Gasteiger partial charge in [-0.05, 0) is 43.7 Å². The lowest BCUT2D eigenvalue weighted by atomic mass is 9.99. The highest BCUT2D eigenvalue weighted by atomic mass is 16.5. The van der Waals surface area contributed by atoms with E-state index in [1.54, 1.807) is 6.07 Å². The van der Waals surface area contributed by atoms with Gasteiger partial charge in [0, 0.05) is 12.0 Å². The molecule has 0 saturated heterocycles. The fourth-order valence-electron chi connectivity index (χ4n) is 3.27. The Morgan fingerprint density at radius 2 is 1.82 bits per heavy atom. The molecule has 1 aliphatic rings. The fraction of sp³-hybridized carbons (Fsp3) is 0.400. The molecular weight excluding hydrogens is 362 g/mol. The first-order chi connectivity index (χ1) is 13.6. The van der Waals surface area contributed by atoms with E-state index in [-0.39, 0.29) is 18.2 Å². The zero-order valence-electron chi connectivity index (χ0n) is 16.2. The number of benzene rings is 1. The maximum absolute atomic E-state index is 12.2. The smallest absolute Gasteiger partial charge is 0.305 e. The van der Waals surface area contributed by atoms with E-state index in [2.05, 4.69) is 10.9 Å². The topological polar surface area (TPSA) is 94.2 Å². The molecule has 2 aromatic rings. The number of fused-ring (bicyclic) bond motifs is 1. The van der Waals surface area contributed by atoms with Crippen molar-refractivity contribution in [1.82, 2.24) is 10.9 Å². The first kappa shape index (κ1) is 19.8. The number of nitrogens with one attached hydrogen (secondary N) is 3. The van der Waals surface area contributed by atoms with E-state index >= 15 is 0 Å². The van der Waals surface area contributed by atoms with E-state index in [4.69, 9.17) is 13.9 Å². The van der Waals surface area contributed by atoms with E-state index < -0.39 is 5.91 Å². The lowest BCUT2D eigenvalue weighted by Gasteiger charge is -2.26. The standard InChI is InChI=1S/C20H25N3O5/c1-3-26-17-10-14-7-8-23(12-15(14)11-18(17)27-4-2)13-19(24)21-22-20(25)16-6-5-9-28-16/h5-6,9-11H,3-4,7-8,12-13H2,1-2H3,(H,21,24)(H,22,25)/p+1. The Bertz CT molecular complexity index is 819. The van der Waals surface area contributed by atoms with Crippen molar-refractivity contribution in [2.45, 2.75) is 26.8 Å². The summed E-state index contributed by atoms with van der Waals surface area (Å²) in [5.74, 6) is 0.911. The van der Waals surface area contributed by atoms with Crippen LogP contribution in [0.3, 0.4) is 0 Å². The van der Waals surface area contributed by atoms with E-state index in [1.165, 1.54) is 17.9 Å². The Morgan fingerprint density at radius 3 is 2.46 bits per heavy atom. The van der Waals surface area contributed by atoms with Crippen LogP contribution in [0.15, 0.2) is 34.9 Å². The second kappa shape index (κ2) is 9.27. The van der Waals surface area contributed by atoms with Gasteiger partial charge in [-0.1, -0.05) is 0 Å². The second-order valence-electron chi connectivity index (χ2n) is 6.52. The fourth-order valence-corrected chi connectivity index (χ4v) is 3.27. The van der Waals surface area contributed by atoms with Gasteiger partial charge in [0.1, 0.15) is 6.54 Å². The largest absolute Gasteiger partial charge is 0.490 e. The Labute approximate surface area is 163 Å². The normalized spacial score (nSPS) is 15.4. The summed E-state index contributed by atoms with van der Waals surface area (Å²) < 4.78 is 16.4. The van der Waals surface area contributed by atoms with Crippen molar-refractivity contribution < 1.29 is 28.4 Å². The summed E-state index contributed by atoms with van der Waals surface area (Å²) >= 11 is 0. The number of furan rings is 1. The molecule has 0 radical (unpaired) electrons. The van der Waals surface area contributed by atoms with Crippen LogP contribution in [0.4, 0.5) is 0 Å². The van der Waals surface area contributed by atoms with E-state index in [1.807, 2.05) is 26.0 Å². The summed E-state index contributed by atoms with van der Waals surface area (Å²) in [6.07, 6.45) is 2.25. The highest BCUT2D eigenvalue weighted by molar-refractivity contribution is 5.92. The molecule has 1 aromatic carbocycles. The van der Waals surface area contributed by atoms with Crippen molar-refractivity contribution >= 4 is 11.8 Å². The Hall–Kier alpha value is -3.00. The number of amides is 2. The van der Waals surface area contributed by atoms with Gasteiger partial charge in [0.2, 0.25) is 0 Å². The molecule has 3 N–H and O–H groups in total. The van der Waals surface area contributed by atoms with Gasteiger partial charge in [-0.3, -0.25) is 20.4 Å². The van der Waals surface area contributed by atoms with Gasteiger partial charge < -0.3 is 18.8 Å². The van der Waals surface area contributed by atoms with Gasteiger partial charge in [-0.15, -0.1) is 0 Å². The molecule has 0 saturated carbocycles. The average molecular weight is 388 g/mol. The van der Waals surface area contributed by atoms with Crippen LogP contribution in [0.5, 0.6) is 11.5 Å². The highest BCUT2D eigenvalue weighted by Gasteiger charge is 2.24. The molecule has 0 aliphatic carbocycles. The molecular formula is C20H26N3O5+. The van der Waals surface area contributed by atoms with Crippen LogP contribution in [0, 0.1) is 0 Å². The highest BCUT2D eigenvalue weighted by Crippen LogP contribution is 2.32. The number of rotatable bonds is 7. The number of quaternary nitrogens is 1. The third-order valence-electron chi connectivity index (χ3n) is 4.52. The third-order valence-corrected chi connectivity index (χ3v) is 4.52. The quantitative estimate of drug-likeness (QED) is 0.600. The molecule has 8 nitrogen and oxygen atoms in total. The molecule has 0 spiro atoms. The van der Waals surface area contributed by atoms with Crippen molar-refractivity contribution in [2.75, 3.05) is 26.3 Å². The summed E-state index contributed by atoms with van der Waals surface area (Å²) in [6.45, 7) is 6.83. The van der Waals surface area contributed by atoms with E-state index in [0.29, 0.717) is 19.8 Å². The van der Waals surface area contributed by atoms with Crippen LogP contribution < -0.4 is 25.2 Å². The molecule has 150 valence electrons. The number of ether oxygens (including phenoxy) is 2. The Kier molecular flexibility index (Phi) is 6.54. The van der Waals surface area contributed by atoms with Crippen LogP contribution >= 0.6 is 0 Å². The second-order valence-corrected chi connectivity index (χ2v) is 6.52. The molecule has 2 amide bonds. The first-order valence-electron chi connectivity index (χ1n) is 9.48. The number of carbonyl (C=O) groups is 2. The van der Waals surface area contributed by atoms with Gasteiger partial charge in [0.05, 0.1) is 26.0 Å². The van der Waals surface area contributed by atoms with Gasteiger partial charge in [0.25, 0.3) is 5.91 Å². The Morgan fingerprint density at radius 1 is 1.11 bits per heavy atom. The monoisotopic (exact) mass is 388 g/mol. The van der Waals surface area contributed by atoms with Crippen molar-refractivity contribution in [1.29, 1.82) is 0 Å². The number of hydrogen-bond donors (Lipinski definition) is 3. The molecule has 1 aliphatic heterocycles. The van der Waals surface area contributed by atoms with Gasteiger partial charge in [0.15, 0.2) is 23.8 Å². The maximum atomic E-state index is 12.2. The first-order valence-corrected chi connectivity index (χ1v) is 9.48. The molecule has 1 aromatic heterocycles. The van der Waals surface area contributed by atoms with Gasteiger partial charge >= 0.3 is 5.91 Å². The van der Waals surface area contributed by atoms with Crippen LogP contribution in [0.2, 0.25) is 0 Å². The lowest BCUT2D eigenvalue weighted by Crippen LogP contribution is -3.13. The van der Waals surface area contributed by atoms with Gasteiger partial charge in [-0.2, -0.15) is 0 Å². The number of hydrazine groups is 1. The molecule has 1 atom stereocenters. The molecule has 0 bridgehead atoms.